The number of hydrogen-bond acceptors (Lipinski definition) is 3. The molecule has 5 heteroatoms. The van der Waals surface area contributed by atoms with Gasteiger partial charge in [0, 0.05) is 18.8 Å². The van der Waals surface area contributed by atoms with Gasteiger partial charge >= 0.3 is 0 Å². The maximum absolute atomic E-state index is 13.2. The highest BCUT2D eigenvalue weighted by Gasteiger charge is 2.38. The molecule has 1 aliphatic rings. The molecule has 0 spiro atoms. The van der Waals surface area contributed by atoms with Crippen LogP contribution in [0.4, 0.5) is 10.1 Å². The standard InChI is InChI=1S/C13H18FN3O/c1-13(12(16)18)2-3-17(8-13)7-9-4-10(14)6-11(15)5-9/h4-6H,2-3,7-8,15H2,1H3,(H2,16,18). The molecule has 1 aliphatic heterocycles. The molecule has 0 bridgehead atoms. The Morgan fingerprint density at radius 1 is 1.50 bits per heavy atom. The molecule has 1 saturated heterocycles. The van der Waals surface area contributed by atoms with Crippen LogP contribution in [0.25, 0.3) is 0 Å². The number of benzene rings is 1. The molecule has 0 aliphatic carbocycles. The summed E-state index contributed by atoms with van der Waals surface area (Å²) in [4.78, 5) is 13.4. The van der Waals surface area contributed by atoms with Crippen LogP contribution in [0, 0.1) is 11.2 Å². The molecule has 1 atom stereocenters. The molecule has 98 valence electrons. The Labute approximate surface area is 106 Å². The summed E-state index contributed by atoms with van der Waals surface area (Å²) in [5, 5.41) is 0. The second kappa shape index (κ2) is 4.57. The summed E-state index contributed by atoms with van der Waals surface area (Å²) in [5.41, 5.74) is 11.8. The van der Waals surface area contributed by atoms with E-state index in [2.05, 4.69) is 4.90 Å². The van der Waals surface area contributed by atoms with Gasteiger partial charge in [-0.3, -0.25) is 9.69 Å². The number of hydrogen-bond donors (Lipinski definition) is 2. The Morgan fingerprint density at radius 2 is 2.22 bits per heavy atom. The molecule has 1 unspecified atom stereocenters. The number of rotatable bonds is 3. The summed E-state index contributed by atoms with van der Waals surface area (Å²) < 4.78 is 13.2. The number of carbonyl (C=O) groups excluding carboxylic acids is 1. The van der Waals surface area contributed by atoms with Crippen LogP contribution in [0.1, 0.15) is 18.9 Å². The lowest BCUT2D eigenvalue weighted by Gasteiger charge is -2.21. The zero-order valence-corrected chi connectivity index (χ0v) is 10.4. The van der Waals surface area contributed by atoms with Gasteiger partial charge in [-0.25, -0.2) is 4.39 Å². The van der Waals surface area contributed by atoms with Gasteiger partial charge in [0.1, 0.15) is 5.82 Å². The van der Waals surface area contributed by atoms with Crippen LogP contribution in [0.15, 0.2) is 18.2 Å². The molecule has 18 heavy (non-hydrogen) atoms. The fraction of sp³-hybridized carbons (Fsp3) is 0.462. The van der Waals surface area contributed by atoms with Crippen molar-refractivity contribution in [2.45, 2.75) is 19.9 Å². The minimum atomic E-state index is -0.473. The number of nitrogen functional groups attached to an aromatic ring is 1. The van der Waals surface area contributed by atoms with Crippen LogP contribution >= 0.6 is 0 Å². The monoisotopic (exact) mass is 251 g/mol. The Kier molecular flexibility index (Phi) is 3.26. The van der Waals surface area contributed by atoms with Crippen molar-refractivity contribution in [3.8, 4) is 0 Å². The molecular formula is C13H18FN3O. The summed E-state index contributed by atoms with van der Waals surface area (Å²) in [5.74, 6) is -0.606. The van der Waals surface area contributed by atoms with Crippen LogP contribution in [0.3, 0.4) is 0 Å². The Bertz CT molecular complexity index is 457. The zero-order chi connectivity index (χ0) is 13.3. The molecule has 4 N–H and O–H groups in total. The highest BCUT2D eigenvalue weighted by Crippen LogP contribution is 2.30. The molecule has 1 heterocycles. The van der Waals surface area contributed by atoms with Crippen LogP contribution in [-0.4, -0.2) is 23.9 Å². The van der Waals surface area contributed by atoms with E-state index in [0.717, 1.165) is 18.5 Å². The number of carbonyl (C=O) groups is 1. The predicted octanol–water partition coefficient (Wildman–Crippen LogP) is 1.11. The maximum Gasteiger partial charge on any atom is 0.224 e. The normalized spacial score (nSPS) is 24.3. The predicted molar refractivity (Wildman–Crippen MR) is 68.0 cm³/mol. The zero-order valence-electron chi connectivity index (χ0n) is 10.4. The highest BCUT2D eigenvalue weighted by atomic mass is 19.1. The van der Waals surface area contributed by atoms with Crippen molar-refractivity contribution < 1.29 is 9.18 Å². The average molecular weight is 251 g/mol. The summed E-state index contributed by atoms with van der Waals surface area (Å²) in [6.45, 7) is 3.86. The first-order chi connectivity index (χ1) is 8.39. The molecule has 0 aromatic heterocycles. The van der Waals surface area contributed by atoms with Gasteiger partial charge in [-0.15, -0.1) is 0 Å². The van der Waals surface area contributed by atoms with E-state index in [0.29, 0.717) is 18.8 Å². The van der Waals surface area contributed by atoms with E-state index in [-0.39, 0.29) is 11.7 Å². The second-order valence-electron chi connectivity index (χ2n) is 5.28. The van der Waals surface area contributed by atoms with Gasteiger partial charge in [0.2, 0.25) is 5.91 Å². The van der Waals surface area contributed by atoms with E-state index in [1.807, 2.05) is 6.92 Å². The second-order valence-corrected chi connectivity index (χ2v) is 5.28. The van der Waals surface area contributed by atoms with Crippen molar-refractivity contribution in [1.29, 1.82) is 0 Å². The number of likely N-dealkylation sites (tertiary alicyclic amines) is 1. The number of nitrogens with zero attached hydrogens (tertiary/aromatic N) is 1. The molecule has 4 nitrogen and oxygen atoms in total. The number of primary amides is 1. The Balaban J connectivity index is 2.06. The van der Waals surface area contributed by atoms with E-state index in [1.165, 1.54) is 12.1 Å². The lowest BCUT2D eigenvalue weighted by Crippen LogP contribution is -2.36. The molecular weight excluding hydrogens is 233 g/mol. The van der Waals surface area contributed by atoms with Crippen LogP contribution in [-0.2, 0) is 11.3 Å². The van der Waals surface area contributed by atoms with Crippen molar-refractivity contribution >= 4 is 11.6 Å². The molecule has 0 saturated carbocycles. The van der Waals surface area contributed by atoms with E-state index in [1.54, 1.807) is 6.07 Å². The topological polar surface area (TPSA) is 72.4 Å². The Hall–Kier alpha value is -1.62. The van der Waals surface area contributed by atoms with Gasteiger partial charge in [0.15, 0.2) is 0 Å². The number of halogens is 1. The fourth-order valence-electron chi connectivity index (χ4n) is 2.42. The molecule has 1 fully saturated rings. The highest BCUT2D eigenvalue weighted by molar-refractivity contribution is 5.81. The van der Waals surface area contributed by atoms with E-state index in [9.17, 15) is 9.18 Å². The van der Waals surface area contributed by atoms with E-state index >= 15 is 0 Å². The van der Waals surface area contributed by atoms with Crippen LogP contribution < -0.4 is 11.5 Å². The number of anilines is 1. The van der Waals surface area contributed by atoms with Crippen molar-refractivity contribution in [2.24, 2.45) is 11.1 Å². The quantitative estimate of drug-likeness (QED) is 0.790. The number of amides is 1. The van der Waals surface area contributed by atoms with E-state index in [4.69, 9.17) is 11.5 Å². The van der Waals surface area contributed by atoms with Crippen molar-refractivity contribution in [1.82, 2.24) is 4.90 Å². The molecule has 1 aromatic rings. The summed E-state index contributed by atoms with van der Waals surface area (Å²) in [6, 6.07) is 4.51. The summed E-state index contributed by atoms with van der Waals surface area (Å²) >= 11 is 0. The van der Waals surface area contributed by atoms with Crippen LogP contribution in [0.2, 0.25) is 0 Å². The third-order valence-corrected chi connectivity index (χ3v) is 3.53. The molecule has 1 amide bonds. The van der Waals surface area contributed by atoms with Crippen LogP contribution in [0.5, 0.6) is 0 Å². The van der Waals surface area contributed by atoms with Gasteiger partial charge in [-0.1, -0.05) is 0 Å². The largest absolute Gasteiger partial charge is 0.399 e. The summed E-state index contributed by atoms with van der Waals surface area (Å²) in [6.07, 6.45) is 0.743. The summed E-state index contributed by atoms with van der Waals surface area (Å²) in [7, 11) is 0. The first-order valence-electron chi connectivity index (χ1n) is 5.96. The van der Waals surface area contributed by atoms with Gasteiger partial charge in [0.25, 0.3) is 0 Å². The first-order valence-corrected chi connectivity index (χ1v) is 5.96. The minimum Gasteiger partial charge on any atom is -0.399 e. The van der Waals surface area contributed by atoms with Gasteiger partial charge in [-0.2, -0.15) is 0 Å². The maximum atomic E-state index is 13.2. The lowest BCUT2D eigenvalue weighted by atomic mass is 9.89. The van der Waals surface area contributed by atoms with Gasteiger partial charge in [-0.05, 0) is 43.7 Å². The van der Waals surface area contributed by atoms with Crippen molar-refractivity contribution in [3.05, 3.63) is 29.6 Å². The van der Waals surface area contributed by atoms with Gasteiger partial charge < -0.3 is 11.5 Å². The number of nitrogens with two attached hydrogens (primary N) is 2. The molecule has 1 aromatic carbocycles. The average Bonchev–Trinajstić information content (AvgIpc) is 2.60. The third kappa shape index (κ3) is 2.61. The molecule has 0 radical (unpaired) electrons. The molecule has 2 rings (SSSR count). The van der Waals surface area contributed by atoms with E-state index < -0.39 is 5.41 Å². The lowest BCUT2D eigenvalue weighted by molar-refractivity contribution is -0.126. The van der Waals surface area contributed by atoms with Crippen molar-refractivity contribution in [2.75, 3.05) is 18.8 Å². The Morgan fingerprint density at radius 3 is 2.78 bits per heavy atom. The van der Waals surface area contributed by atoms with Crippen molar-refractivity contribution in [3.63, 3.8) is 0 Å². The fourth-order valence-corrected chi connectivity index (χ4v) is 2.42. The minimum absolute atomic E-state index is 0.274. The first kappa shape index (κ1) is 12.8. The van der Waals surface area contributed by atoms with Gasteiger partial charge in [0.05, 0.1) is 5.41 Å². The smallest absolute Gasteiger partial charge is 0.224 e. The third-order valence-electron chi connectivity index (χ3n) is 3.53. The SMILES string of the molecule is CC1(C(N)=O)CCN(Cc2cc(N)cc(F)c2)C1.